The van der Waals surface area contributed by atoms with Crippen LogP contribution in [-0.4, -0.2) is 5.71 Å². The molecule has 2 heterocycles. The van der Waals surface area contributed by atoms with Crippen LogP contribution in [0.5, 0.6) is 0 Å². The SMILES string of the molecule is Fc1ccc(C2=NN(c3ccccc3)C(c3cccs3)C2)cc1. The van der Waals surface area contributed by atoms with E-state index in [1.807, 2.05) is 18.2 Å². The van der Waals surface area contributed by atoms with E-state index in [9.17, 15) is 4.39 Å². The molecule has 0 amide bonds. The summed E-state index contributed by atoms with van der Waals surface area (Å²) in [7, 11) is 0. The van der Waals surface area contributed by atoms with Gasteiger partial charge < -0.3 is 0 Å². The van der Waals surface area contributed by atoms with E-state index in [2.05, 4.69) is 34.7 Å². The molecule has 2 aromatic carbocycles. The normalized spacial score (nSPS) is 17.3. The second-order valence-corrected chi connectivity index (χ2v) is 6.45. The largest absolute Gasteiger partial charge is 0.257 e. The maximum Gasteiger partial charge on any atom is 0.123 e. The van der Waals surface area contributed by atoms with Crippen LogP contribution in [-0.2, 0) is 0 Å². The summed E-state index contributed by atoms with van der Waals surface area (Å²) in [5.74, 6) is -0.220. The van der Waals surface area contributed by atoms with Crippen molar-refractivity contribution in [3.8, 4) is 0 Å². The van der Waals surface area contributed by atoms with Gasteiger partial charge in [0, 0.05) is 11.3 Å². The highest BCUT2D eigenvalue weighted by Gasteiger charge is 2.30. The zero-order valence-electron chi connectivity index (χ0n) is 12.4. The lowest BCUT2D eigenvalue weighted by molar-refractivity contribution is 0.627. The Hall–Kier alpha value is -2.46. The van der Waals surface area contributed by atoms with E-state index in [-0.39, 0.29) is 11.9 Å². The topological polar surface area (TPSA) is 15.6 Å². The summed E-state index contributed by atoms with van der Waals surface area (Å²) in [5.41, 5.74) is 3.04. The summed E-state index contributed by atoms with van der Waals surface area (Å²) in [6.45, 7) is 0. The Morgan fingerprint density at radius 1 is 0.957 bits per heavy atom. The van der Waals surface area contributed by atoms with E-state index in [1.54, 1.807) is 23.5 Å². The van der Waals surface area contributed by atoms with Crippen molar-refractivity contribution in [1.82, 2.24) is 0 Å². The summed E-state index contributed by atoms with van der Waals surface area (Å²) in [6.07, 6.45) is 0.820. The van der Waals surface area contributed by atoms with Crippen molar-refractivity contribution in [2.24, 2.45) is 5.10 Å². The number of nitrogens with zero attached hydrogens (tertiary/aromatic N) is 2. The van der Waals surface area contributed by atoms with Gasteiger partial charge in [-0.3, -0.25) is 5.01 Å². The van der Waals surface area contributed by atoms with Crippen molar-refractivity contribution in [3.63, 3.8) is 0 Å². The van der Waals surface area contributed by atoms with Crippen LogP contribution in [0.3, 0.4) is 0 Å². The third-order valence-corrected chi connectivity index (χ3v) is 4.95. The van der Waals surface area contributed by atoms with Gasteiger partial charge >= 0.3 is 0 Å². The highest BCUT2D eigenvalue weighted by atomic mass is 32.1. The number of hydrazone groups is 1. The molecule has 3 aromatic rings. The Bertz CT molecular complexity index is 810. The molecular formula is C19H15FN2S. The molecular weight excluding hydrogens is 307 g/mol. The smallest absolute Gasteiger partial charge is 0.123 e. The Morgan fingerprint density at radius 3 is 2.43 bits per heavy atom. The van der Waals surface area contributed by atoms with Crippen LogP contribution in [0, 0.1) is 5.82 Å². The summed E-state index contributed by atoms with van der Waals surface area (Å²) in [6, 6.07) is 21.2. The van der Waals surface area contributed by atoms with E-state index >= 15 is 0 Å². The molecule has 0 saturated carbocycles. The first-order valence-corrected chi connectivity index (χ1v) is 8.40. The Kier molecular flexibility index (Phi) is 3.67. The number of hydrogen-bond donors (Lipinski definition) is 0. The number of hydrogen-bond acceptors (Lipinski definition) is 3. The van der Waals surface area contributed by atoms with Gasteiger partial charge in [0.2, 0.25) is 0 Å². The molecule has 2 nitrogen and oxygen atoms in total. The van der Waals surface area contributed by atoms with Crippen LogP contribution >= 0.6 is 11.3 Å². The Labute approximate surface area is 138 Å². The quantitative estimate of drug-likeness (QED) is 0.643. The van der Waals surface area contributed by atoms with Crippen LogP contribution in [0.1, 0.15) is 22.9 Å². The summed E-state index contributed by atoms with van der Waals surface area (Å²) >= 11 is 1.74. The van der Waals surface area contributed by atoms with Gasteiger partial charge in [-0.25, -0.2) is 4.39 Å². The lowest BCUT2D eigenvalue weighted by atomic mass is 10.0. The number of para-hydroxylation sites is 1. The first-order valence-electron chi connectivity index (χ1n) is 7.52. The molecule has 114 valence electrons. The molecule has 0 saturated heterocycles. The predicted octanol–water partition coefficient (Wildman–Crippen LogP) is 5.24. The highest BCUT2D eigenvalue weighted by molar-refractivity contribution is 7.10. The minimum atomic E-state index is -0.220. The monoisotopic (exact) mass is 322 g/mol. The van der Waals surface area contributed by atoms with E-state index in [1.165, 1.54) is 17.0 Å². The Balaban J connectivity index is 1.73. The van der Waals surface area contributed by atoms with Crippen molar-refractivity contribution in [2.45, 2.75) is 12.5 Å². The van der Waals surface area contributed by atoms with Crippen molar-refractivity contribution >= 4 is 22.7 Å². The van der Waals surface area contributed by atoms with Gasteiger partial charge in [-0.2, -0.15) is 5.10 Å². The number of anilines is 1. The first-order chi connectivity index (χ1) is 11.3. The molecule has 0 spiro atoms. The molecule has 1 aromatic heterocycles. The zero-order valence-corrected chi connectivity index (χ0v) is 13.2. The van der Waals surface area contributed by atoms with Gasteiger partial charge in [-0.15, -0.1) is 11.3 Å². The van der Waals surface area contributed by atoms with Crippen LogP contribution in [0.2, 0.25) is 0 Å². The summed E-state index contributed by atoms with van der Waals surface area (Å²) in [5, 5.41) is 9.00. The fraction of sp³-hybridized carbons (Fsp3) is 0.105. The number of rotatable bonds is 3. The molecule has 1 aliphatic heterocycles. The molecule has 0 N–H and O–H groups in total. The number of benzene rings is 2. The lowest BCUT2D eigenvalue weighted by Crippen LogP contribution is -2.17. The van der Waals surface area contributed by atoms with Crippen molar-refractivity contribution in [3.05, 3.63) is 88.4 Å². The average Bonchev–Trinajstić information content (AvgIpc) is 3.26. The van der Waals surface area contributed by atoms with Crippen molar-refractivity contribution in [2.75, 3.05) is 5.01 Å². The van der Waals surface area contributed by atoms with Gasteiger partial charge in [-0.1, -0.05) is 36.4 Å². The summed E-state index contributed by atoms with van der Waals surface area (Å²) < 4.78 is 13.2. The molecule has 1 atom stereocenters. The lowest BCUT2D eigenvalue weighted by Gasteiger charge is -2.22. The third kappa shape index (κ3) is 2.78. The molecule has 4 heteroatoms. The molecule has 4 rings (SSSR count). The fourth-order valence-electron chi connectivity index (χ4n) is 2.85. The number of thiophene rings is 1. The average molecular weight is 322 g/mol. The first kappa shape index (κ1) is 14.2. The van der Waals surface area contributed by atoms with Crippen molar-refractivity contribution in [1.29, 1.82) is 0 Å². The molecule has 23 heavy (non-hydrogen) atoms. The predicted molar refractivity (Wildman–Crippen MR) is 93.5 cm³/mol. The molecule has 0 radical (unpaired) electrons. The maximum absolute atomic E-state index is 13.2. The third-order valence-electron chi connectivity index (χ3n) is 3.98. The van der Waals surface area contributed by atoms with Crippen LogP contribution in [0.15, 0.2) is 77.2 Å². The van der Waals surface area contributed by atoms with Gasteiger partial charge in [-0.05, 0) is 41.3 Å². The van der Waals surface area contributed by atoms with Crippen LogP contribution < -0.4 is 5.01 Å². The summed E-state index contributed by atoms with van der Waals surface area (Å²) in [4.78, 5) is 1.29. The molecule has 1 aliphatic rings. The second kappa shape index (κ2) is 5.97. The molecule has 0 fully saturated rings. The Morgan fingerprint density at radius 2 is 1.74 bits per heavy atom. The van der Waals surface area contributed by atoms with Gasteiger partial charge in [0.15, 0.2) is 0 Å². The van der Waals surface area contributed by atoms with Gasteiger partial charge in [0.25, 0.3) is 0 Å². The number of halogens is 1. The van der Waals surface area contributed by atoms with Gasteiger partial charge in [0.1, 0.15) is 5.82 Å². The standard InChI is InChI=1S/C19H15FN2S/c20-15-10-8-14(9-11-15)17-13-18(19-7-4-12-23-19)22(21-17)16-5-2-1-3-6-16/h1-12,18H,13H2. The fourth-order valence-corrected chi connectivity index (χ4v) is 3.66. The van der Waals surface area contributed by atoms with E-state index in [4.69, 9.17) is 5.10 Å². The van der Waals surface area contributed by atoms with E-state index < -0.39 is 0 Å². The maximum atomic E-state index is 13.2. The molecule has 1 unspecified atom stereocenters. The highest BCUT2D eigenvalue weighted by Crippen LogP contribution is 2.38. The van der Waals surface area contributed by atoms with E-state index in [0.29, 0.717) is 0 Å². The minimum Gasteiger partial charge on any atom is -0.257 e. The van der Waals surface area contributed by atoms with Gasteiger partial charge in [0.05, 0.1) is 17.4 Å². The minimum absolute atomic E-state index is 0.192. The molecule has 0 bridgehead atoms. The molecule has 0 aliphatic carbocycles. The van der Waals surface area contributed by atoms with Crippen LogP contribution in [0.4, 0.5) is 10.1 Å². The van der Waals surface area contributed by atoms with Crippen molar-refractivity contribution < 1.29 is 4.39 Å². The van der Waals surface area contributed by atoms with E-state index in [0.717, 1.165) is 23.4 Å². The second-order valence-electron chi connectivity index (χ2n) is 5.47. The zero-order chi connectivity index (χ0) is 15.6. The van der Waals surface area contributed by atoms with Crippen LogP contribution in [0.25, 0.3) is 0 Å².